The summed E-state index contributed by atoms with van der Waals surface area (Å²) in [6.07, 6.45) is 0.378. The normalized spacial score (nSPS) is 13.6. The van der Waals surface area contributed by atoms with Gasteiger partial charge in [0.05, 0.1) is 11.8 Å². The standard InChI is InChI=1S/C13H15FN2O/c1-4-13(3,8-15)12(17)16-11-6-5-9(2)7-10(11)14/h5-7H,4H2,1-3H3,(H,16,17). The number of carbonyl (C=O) groups is 1. The number of nitrogens with zero attached hydrogens (tertiary/aromatic N) is 1. The Balaban J connectivity index is 2.93. The van der Waals surface area contributed by atoms with Crippen LogP contribution >= 0.6 is 0 Å². The highest BCUT2D eigenvalue weighted by molar-refractivity contribution is 5.96. The second-order valence-corrected chi connectivity index (χ2v) is 4.23. The minimum absolute atomic E-state index is 0.107. The summed E-state index contributed by atoms with van der Waals surface area (Å²) in [7, 11) is 0. The molecule has 0 saturated carbocycles. The number of rotatable bonds is 3. The molecule has 1 N–H and O–H groups in total. The summed E-state index contributed by atoms with van der Waals surface area (Å²) in [4.78, 5) is 11.8. The molecular weight excluding hydrogens is 219 g/mol. The van der Waals surface area contributed by atoms with Crippen LogP contribution < -0.4 is 5.32 Å². The van der Waals surface area contributed by atoms with Crippen molar-refractivity contribution >= 4 is 11.6 Å². The third kappa shape index (κ3) is 2.82. The van der Waals surface area contributed by atoms with E-state index >= 15 is 0 Å². The van der Waals surface area contributed by atoms with Gasteiger partial charge in [-0.15, -0.1) is 0 Å². The topological polar surface area (TPSA) is 52.9 Å². The second-order valence-electron chi connectivity index (χ2n) is 4.23. The Morgan fingerprint density at radius 1 is 1.59 bits per heavy atom. The van der Waals surface area contributed by atoms with Gasteiger partial charge in [0.25, 0.3) is 0 Å². The number of aryl methyl sites for hydroxylation is 1. The summed E-state index contributed by atoms with van der Waals surface area (Å²) in [5.74, 6) is -0.972. The van der Waals surface area contributed by atoms with E-state index < -0.39 is 17.1 Å². The first-order chi connectivity index (χ1) is 7.92. The number of halogens is 1. The largest absolute Gasteiger partial charge is 0.322 e. The van der Waals surface area contributed by atoms with Crippen molar-refractivity contribution in [2.75, 3.05) is 5.32 Å². The molecule has 1 amide bonds. The molecule has 1 atom stereocenters. The van der Waals surface area contributed by atoms with Gasteiger partial charge in [0.1, 0.15) is 11.2 Å². The van der Waals surface area contributed by atoms with Gasteiger partial charge in [0, 0.05) is 0 Å². The lowest BCUT2D eigenvalue weighted by Gasteiger charge is -2.18. The third-order valence-corrected chi connectivity index (χ3v) is 2.83. The Morgan fingerprint density at radius 3 is 2.71 bits per heavy atom. The fourth-order valence-electron chi connectivity index (χ4n) is 1.27. The zero-order chi connectivity index (χ0) is 13.1. The van der Waals surface area contributed by atoms with Crippen molar-refractivity contribution < 1.29 is 9.18 Å². The zero-order valence-corrected chi connectivity index (χ0v) is 10.2. The minimum atomic E-state index is -1.13. The van der Waals surface area contributed by atoms with Crippen LogP contribution in [0.3, 0.4) is 0 Å². The number of anilines is 1. The lowest BCUT2D eigenvalue weighted by atomic mass is 9.88. The predicted molar refractivity (Wildman–Crippen MR) is 63.8 cm³/mol. The fourth-order valence-corrected chi connectivity index (χ4v) is 1.27. The summed E-state index contributed by atoms with van der Waals surface area (Å²) in [5.41, 5.74) is -0.244. The number of nitrogens with one attached hydrogen (secondary N) is 1. The van der Waals surface area contributed by atoms with Crippen molar-refractivity contribution in [2.45, 2.75) is 27.2 Å². The molecule has 0 aliphatic carbocycles. The lowest BCUT2D eigenvalue weighted by Crippen LogP contribution is -2.31. The quantitative estimate of drug-likeness (QED) is 0.874. The van der Waals surface area contributed by atoms with Crippen molar-refractivity contribution in [3.8, 4) is 6.07 Å². The highest BCUT2D eigenvalue weighted by atomic mass is 19.1. The van der Waals surface area contributed by atoms with Crippen molar-refractivity contribution in [3.05, 3.63) is 29.6 Å². The highest BCUT2D eigenvalue weighted by Gasteiger charge is 2.31. The van der Waals surface area contributed by atoms with Gasteiger partial charge >= 0.3 is 0 Å². The van der Waals surface area contributed by atoms with Gasteiger partial charge in [0.15, 0.2) is 0 Å². The number of benzene rings is 1. The van der Waals surface area contributed by atoms with Crippen LogP contribution in [0.15, 0.2) is 18.2 Å². The smallest absolute Gasteiger partial charge is 0.244 e. The summed E-state index contributed by atoms with van der Waals surface area (Å²) in [5, 5.41) is 11.4. The number of hydrogen-bond acceptors (Lipinski definition) is 2. The van der Waals surface area contributed by atoms with Gasteiger partial charge in [-0.3, -0.25) is 4.79 Å². The van der Waals surface area contributed by atoms with E-state index in [9.17, 15) is 9.18 Å². The van der Waals surface area contributed by atoms with E-state index in [0.29, 0.717) is 6.42 Å². The molecule has 0 fully saturated rings. The molecule has 0 heterocycles. The van der Waals surface area contributed by atoms with Crippen LogP contribution in [0, 0.1) is 29.5 Å². The summed E-state index contributed by atoms with van der Waals surface area (Å²) < 4.78 is 13.5. The van der Waals surface area contributed by atoms with E-state index in [1.807, 2.05) is 6.07 Å². The fraction of sp³-hybridized carbons (Fsp3) is 0.385. The molecule has 1 aromatic carbocycles. The molecule has 3 nitrogen and oxygen atoms in total. The molecule has 0 radical (unpaired) electrons. The number of hydrogen-bond donors (Lipinski definition) is 1. The first-order valence-corrected chi connectivity index (χ1v) is 5.42. The summed E-state index contributed by atoms with van der Waals surface area (Å²) in [6, 6.07) is 6.48. The maximum absolute atomic E-state index is 13.5. The Labute approximate surface area is 100 Å². The van der Waals surface area contributed by atoms with E-state index in [4.69, 9.17) is 5.26 Å². The Hall–Kier alpha value is -1.89. The van der Waals surface area contributed by atoms with Gasteiger partial charge in [-0.1, -0.05) is 13.0 Å². The molecular formula is C13H15FN2O. The van der Waals surface area contributed by atoms with Crippen LogP contribution in [-0.4, -0.2) is 5.91 Å². The van der Waals surface area contributed by atoms with E-state index in [1.54, 1.807) is 19.9 Å². The van der Waals surface area contributed by atoms with Crippen molar-refractivity contribution in [1.29, 1.82) is 5.26 Å². The molecule has 90 valence electrons. The van der Waals surface area contributed by atoms with Crippen LogP contribution in [-0.2, 0) is 4.79 Å². The van der Waals surface area contributed by atoms with E-state index in [-0.39, 0.29) is 5.69 Å². The highest BCUT2D eigenvalue weighted by Crippen LogP contribution is 2.23. The molecule has 4 heteroatoms. The van der Waals surface area contributed by atoms with Gasteiger partial charge in [-0.2, -0.15) is 5.26 Å². The molecule has 0 bridgehead atoms. The molecule has 17 heavy (non-hydrogen) atoms. The maximum atomic E-state index is 13.5. The Bertz CT molecular complexity index is 479. The summed E-state index contributed by atoms with van der Waals surface area (Å²) in [6.45, 7) is 5.04. The van der Waals surface area contributed by atoms with Crippen LogP contribution in [0.1, 0.15) is 25.8 Å². The van der Waals surface area contributed by atoms with Crippen LogP contribution in [0.4, 0.5) is 10.1 Å². The third-order valence-electron chi connectivity index (χ3n) is 2.83. The molecule has 0 aliphatic rings. The van der Waals surface area contributed by atoms with Crippen molar-refractivity contribution in [2.24, 2.45) is 5.41 Å². The first kappa shape index (κ1) is 13.2. The molecule has 1 unspecified atom stereocenters. The average molecular weight is 234 g/mol. The Morgan fingerprint density at radius 2 is 2.24 bits per heavy atom. The van der Waals surface area contributed by atoms with Crippen LogP contribution in [0.2, 0.25) is 0 Å². The van der Waals surface area contributed by atoms with Crippen LogP contribution in [0.25, 0.3) is 0 Å². The molecule has 0 aromatic heterocycles. The predicted octanol–water partition coefficient (Wildman–Crippen LogP) is 3.01. The maximum Gasteiger partial charge on any atom is 0.244 e. The monoisotopic (exact) mass is 234 g/mol. The van der Waals surface area contributed by atoms with Crippen molar-refractivity contribution in [1.82, 2.24) is 0 Å². The van der Waals surface area contributed by atoms with Gasteiger partial charge in [-0.05, 0) is 38.0 Å². The Kier molecular flexibility index (Phi) is 3.84. The zero-order valence-electron chi connectivity index (χ0n) is 10.2. The average Bonchev–Trinajstić information content (AvgIpc) is 2.31. The molecule has 0 spiro atoms. The van der Waals surface area contributed by atoms with E-state index in [0.717, 1.165) is 5.56 Å². The number of nitriles is 1. The number of carbonyl (C=O) groups excluding carboxylic acids is 1. The second kappa shape index (κ2) is 4.96. The van der Waals surface area contributed by atoms with E-state index in [2.05, 4.69) is 5.32 Å². The molecule has 1 rings (SSSR count). The van der Waals surface area contributed by atoms with E-state index in [1.165, 1.54) is 19.1 Å². The molecule has 0 saturated heterocycles. The van der Waals surface area contributed by atoms with Crippen LogP contribution in [0.5, 0.6) is 0 Å². The van der Waals surface area contributed by atoms with Gasteiger partial charge in [0.2, 0.25) is 5.91 Å². The SMILES string of the molecule is CCC(C)(C#N)C(=O)Nc1ccc(C)cc1F. The lowest BCUT2D eigenvalue weighted by molar-refractivity contribution is -0.122. The molecule has 0 aliphatic heterocycles. The number of amides is 1. The summed E-state index contributed by atoms with van der Waals surface area (Å²) >= 11 is 0. The van der Waals surface area contributed by atoms with Gasteiger partial charge < -0.3 is 5.32 Å². The molecule has 1 aromatic rings. The first-order valence-electron chi connectivity index (χ1n) is 5.42. The minimum Gasteiger partial charge on any atom is -0.322 e. The van der Waals surface area contributed by atoms with Gasteiger partial charge in [-0.25, -0.2) is 4.39 Å². The van der Waals surface area contributed by atoms with Crippen molar-refractivity contribution in [3.63, 3.8) is 0 Å².